The van der Waals surface area contributed by atoms with Crippen LogP contribution in [0.15, 0.2) is 29.1 Å². The molecule has 86 valence electrons. The van der Waals surface area contributed by atoms with E-state index in [0.29, 0.717) is 12.4 Å². The third kappa shape index (κ3) is 1.99. The van der Waals surface area contributed by atoms with Crippen molar-refractivity contribution in [3.63, 3.8) is 0 Å². The lowest BCUT2D eigenvalue weighted by Gasteiger charge is -1.95. The van der Waals surface area contributed by atoms with E-state index in [2.05, 4.69) is 44.0 Å². The molecule has 5 nitrogen and oxygen atoms in total. The molecule has 1 N–H and O–H groups in total. The number of hydrogen-bond acceptors (Lipinski definition) is 6. The van der Waals surface area contributed by atoms with Gasteiger partial charge in [-0.2, -0.15) is 4.98 Å². The fourth-order valence-corrected chi connectivity index (χ4v) is 2.53. The number of nitrogens with zero attached hydrogens (tertiary/aromatic N) is 3. The number of anilines is 1. The van der Waals surface area contributed by atoms with E-state index in [1.54, 1.807) is 11.3 Å². The van der Waals surface area contributed by atoms with E-state index >= 15 is 0 Å². The Hall–Kier alpha value is -1.95. The van der Waals surface area contributed by atoms with Crippen molar-refractivity contribution in [1.29, 1.82) is 0 Å². The third-order valence-electron chi connectivity index (χ3n) is 2.43. The molecule has 2 heterocycles. The fourth-order valence-electron chi connectivity index (χ4n) is 1.59. The Bertz CT molecular complexity index is 632. The Kier molecular flexibility index (Phi) is 2.49. The molecule has 0 unspecified atom stereocenters. The molecular formula is C11H10N4OS. The van der Waals surface area contributed by atoms with Crippen LogP contribution in [0.4, 0.5) is 5.13 Å². The average Bonchev–Trinajstić information content (AvgIpc) is 2.95. The van der Waals surface area contributed by atoms with Crippen molar-refractivity contribution in [3.8, 4) is 0 Å². The molecular weight excluding hydrogens is 236 g/mol. The van der Waals surface area contributed by atoms with Gasteiger partial charge in [0.25, 0.3) is 0 Å². The zero-order chi connectivity index (χ0) is 11.7. The number of nitrogens with one attached hydrogen (secondary N) is 1. The second kappa shape index (κ2) is 4.14. The summed E-state index contributed by atoms with van der Waals surface area (Å²) in [6.45, 7) is 2.58. The van der Waals surface area contributed by atoms with E-state index in [0.717, 1.165) is 10.6 Å². The minimum absolute atomic E-state index is 0.523. The lowest BCUT2D eigenvalue weighted by Crippen LogP contribution is -2.00. The molecule has 17 heavy (non-hydrogen) atoms. The summed E-state index contributed by atoms with van der Waals surface area (Å²) in [7, 11) is 0. The van der Waals surface area contributed by atoms with Crippen LogP contribution in [-0.4, -0.2) is 15.1 Å². The van der Waals surface area contributed by atoms with Crippen molar-refractivity contribution in [2.24, 2.45) is 0 Å². The molecule has 3 aromatic rings. The Morgan fingerprint density at radius 3 is 3.12 bits per heavy atom. The maximum absolute atomic E-state index is 4.66. The van der Waals surface area contributed by atoms with Crippen molar-refractivity contribution in [1.82, 2.24) is 15.1 Å². The summed E-state index contributed by atoms with van der Waals surface area (Å²) in [5, 5.41) is 7.79. The average molecular weight is 246 g/mol. The van der Waals surface area contributed by atoms with Crippen LogP contribution >= 0.6 is 11.3 Å². The first-order valence-corrected chi connectivity index (χ1v) is 6.00. The quantitative estimate of drug-likeness (QED) is 0.769. The van der Waals surface area contributed by atoms with Crippen LogP contribution in [0.2, 0.25) is 0 Å². The Morgan fingerprint density at radius 1 is 1.41 bits per heavy atom. The summed E-state index contributed by atoms with van der Waals surface area (Å²) in [6.07, 6.45) is 1.32. The predicted molar refractivity (Wildman–Crippen MR) is 66.0 cm³/mol. The molecule has 0 radical (unpaired) electrons. The van der Waals surface area contributed by atoms with Gasteiger partial charge in [0, 0.05) is 0 Å². The van der Waals surface area contributed by atoms with Gasteiger partial charge in [-0.25, -0.2) is 4.98 Å². The highest BCUT2D eigenvalue weighted by Crippen LogP contribution is 2.27. The Morgan fingerprint density at radius 2 is 2.35 bits per heavy atom. The van der Waals surface area contributed by atoms with Gasteiger partial charge in [-0.05, 0) is 18.6 Å². The number of hydrogen-bond donors (Lipinski definition) is 1. The van der Waals surface area contributed by atoms with Crippen molar-refractivity contribution in [3.05, 3.63) is 36.0 Å². The van der Waals surface area contributed by atoms with Crippen molar-refractivity contribution < 1.29 is 4.52 Å². The smallest absolute Gasteiger partial charge is 0.213 e. The van der Waals surface area contributed by atoms with Crippen LogP contribution < -0.4 is 5.32 Å². The fraction of sp³-hybridized carbons (Fsp3) is 0.182. The van der Waals surface area contributed by atoms with E-state index in [1.807, 2.05) is 6.07 Å². The molecule has 0 bridgehead atoms. The zero-order valence-electron chi connectivity index (χ0n) is 9.17. The summed E-state index contributed by atoms with van der Waals surface area (Å²) >= 11 is 1.62. The number of benzene rings is 1. The number of para-hydroxylation sites is 1. The van der Waals surface area contributed by atoms with Gasteiger partial charge in [-0.15, -0.1) is 0 Å². The summed E-state index contributed by atoms with van der Waals surface area (Å²) in [5.74, 6) is 0.626. The SMILES string of the molecule is Cc1cccc2sc(NCc3ncon3)nc12. The number of rotatable bonds is 3. The van der Waals surface area contributed by atoms with E-state index in [-0.39, 0.29) is 0 Å². The van der Waals surface area contributed by atoms with E-state index in [9.17, 15) is 0 Å². The molecule has 0 saturated carbocycles. The van der Waals surface area contributed by atoms with Gasteiger partial charge in [0.05, 0.1) is 16.8 Å². The van der Waals surface area contributed by atoms with Crippen LogP contribution in [0.5, 0.6) is 0 Å². The van der Waals surface area contributed by atoms with Crippen LogP contribution in [0.1, 0.15) is 11.4 Å². The molecule has 2 aromatic heterocycles. The molecule has 1 aromatic carbocycles. The number of thiazole rings is 1. The molecule has 0 aliphatic heterocycles. The standard InChI is InChI=1S/C11H10N4OS/c1-7-3-2-4-8-10(7)14-11(17-8)12-5-9-13-6-16-15-9/h2-4,6H,5H2,1H3,(H,12,14). The molecule has 0 saturated heterocycles. The monoisotopic (exact) mass is 246 g/mol. The van der Waals surface area contributed by atoms with Gasteiger partial charge in [0.15, 0.2) is 11.0 Å². The summed E-state index contributed by atoms with van der Waals surface area (Å²) < 4.78 is 5.84. The van der Waals surface area contributed by atoms with Crippen LogP contribution in [0.3, 0.4) is 0 Å². The first kappa shape index (κ1) is 10.2. The molecule has 0 aliphatic carbocycles. The normalized spacial score (nSPS) is 10.9. The van der Waals surface area contributed by atoms with Gasteiger partial charge < -0.3 is 9.84 Å². The second-order valence-electron chi connectivity index (χ2n) is 3.64. The van der Waals surface area contributed by atoms with Crippen molar-refractivity contribution in [2.75, 3.05) is 5.32 Å². The Balaban J connectivity index is 1.84. The molecule has 3 rings (SSSR count). The highest BCUT2D eigenvalue weighted by molar-refractivity contribution is 7.22. The maximum atomic E-state index is 4.66. The Labute approximate surface area is 101 Å². The van der Waals surface area contributed by atoms with E-state index in [4.69, 9.17) is 0 Å². The third-order valence-corrected chi connectivity index (χ3v) is 3.40. The second-order valence-corrected chi connectivity index (χ2v) is 4.67. The summed E-state index contributed by atoms with van der Waals surface area (Å²) in [4.78, 5) is 8.47. The first-order valence-electron chi connectivity index (χ1n) is 5.18. The van der Waals surface area contributed by atoms with Crippen LogP contribution in [-0.2, 0) is 6.54 Å². The molecule has 0 fully saturated rings. The van der Waals surface area contributed by atoms with Crippen molar-refractivity contribution >= 4 is 26.7 Å². The first-order chi connectivity index (χ1) is 8.33. The van der Waals surface area contributed by atoms with Gasteiger partial charge in [-0.1, -0.05) is 28.6 Å². The minimum atomic E-state index is 0.523. The number of aromatic nitrogens is 3. The predicted octanol–water partition coefficient (Wildman–Crippen LogP) is 2.60. The maximum Gasteiger partial charge on any atom is 0.213 e. The van der Waals surface area contributed by atoms with Crippen molar-refractivity contribution in [2.45, 2.75) is 13.5 Å². The van der Waals surface area contributed by atoms with Gasteiger partial charge in [0.1, 0.15) is 0 Å². The van der Waals surface area contributed by atoms with E-state index in [1.165, 1.54) is 16.7 Å². The number of aryl methyl sites for hydroxylation is 1. The lowest BCUT2D eigenvalue weighted by molar-refractivity contribution is 0.411. The van der Waals surface area contributed by atoms with Gasteiger partial charge in [-0.3, -0.25) is 0 Å². The minimum Gasteiger partial charge on any atom is -0.354 e. The molecule has 0 amide bonds. The molecule has 0 spiro atoms. The highest BCUT2D eigenvalue weighted by atomic mass is 32.1. The van der Waals surface area contributed by atoms with Crippen LogP contribution in [0, 0.1) is 6.92 Å². The topological polar surface area (TPSA) is 63.8 Å². The number of fused-ring (bicyclic) bond motifs is 1. The largest absolute Gasteiger partial charge is 0.354 e. The lowest BCUT2D eigenvalue weighted by atomic mass is 10.2. The summed E-state index contributed by atoms with van der Waals surface area (Å²) in [5.41, 5.74) is 2.24. The van der Waals surface area contributed by atoms with E-state index < -0.39 is 0 Å². The molecule has 0 atom stereocenters. The van der Waals surface area contributed by atoms with Gasteiger partial charge >= 0.3 is 0 Å². The van der Waals surface area contributed by atoms with Gasteiger partial charge in [0.2, 0.25) is 6.39 Å². The zero-order valence-corrected chi connectivity index (χ0v) is 9.99. The van der Waals surface area contributed by atoms with Crippen LogP contribution in [0.25, 0.3) is 10.2 Å². The highest BCUT2D eigenvalue weighted by Gasteiger charge is 2.06. The summed E-state index contributed by atoms with van der Waals surface area (Å²) in [6, 6.07) is 6.17. The molecule has 6 heteroatoms. The molecule has 0 aliphatic rings.